The molecule has 3 nitrogen and oxygen atoms in total. The zero-order valence-electron chi connectivity index (χ0n) is 9.77. The van der Waals surface area contributed by atoms with E-state index in [1.807, 2.05) is 28.9 Å². The quantitative estimate of drug-likeness (QED) is 0.800. The van der Waals surface area contributed by atoms with Gasteiger partial charge in [-0.15, -0.1) is 0 Å². The minimum atomic E-state index is 0.771. The fourth-order valence-electron chi connectivity index (χ4n) is 1.78. The van der Waals surface area contributed by atoms with E-state index in [-0.39, 0.29) is 0 Å². The summed E-state index contributed by atoms with van der Waals surface area (Å²) in [7, 11) is 0. The summed E-state index contributed by atoms with van der Waals surface area (Å²) < 4.78 is 1.98. The molecule has 0 amide bonds. The number of rotatable bonds is 3. The third kappa shape index (κ3) is 1.94. The summed E-state index contributed by atoms with van der Waals surface area (Å²) in [6, 6.07) is 9.98. The average molecular weight is 215 g/mol. The molecule has 1 aromatic carbocycles. The number of benzene rings is 1. The van der Waals surface area contributed by atoms with Gasteiger partial charge in [-0.3, -0.25) is 0 Å². The lowest BCUT2D eigenvalue weighted by atomic mass is 10.2. The van der Waals surface area contributed by atoms with E-state index >= 15 is 0 Å². The Balaban J connectivity index is 2.50. The van der Waals surface area contributed by atoms with Crippen LogP contribution in [0.2, 0.25) is 0 Å². The number of hydrogen-bond acceptors (Lipinski definition) is 2. The van der Waals surface area contributed by atoms with Crippen LogP contribution in [0, 0.1) is 0 Å². The molecule has 0 fully saturated rings. The van der Waals surface area contributed by atoms with Crippen LogP contribution in [0.1, 0.15) is 25.2 Å². The van der Waals surface area contributed by atoms with Gasteiger partial charge in [-0.2, -0.15) is 5.10 Å². The Bertz CT molecular complexity index is 486. The normalized spacial score (nSPS) is 10.6. The van der Waals surface area contributed by atoms with E-state index in [0.717, 1.165) is 29.9 Å². The third-order valence-electron chi connectivity index (χ3n) is 2.67. The number of aromatic nitrogens is 2. The maximum absolute atomic E-state index is 5.79. The number of hydrogen-bond donors (Lipinski definition) is 1. The molecule has 2 N–H and O–H groups in total. The van der Waals surface area contributed by atoms with Gasteiger partial charge in [0, 0.05) is 11.4 Å². The first kappa shape index (κ1) is 10.7. The van der Waals surface area contributed by atoms with Crippen molar-refractivity contribution < 1.29 is 0 Å². The molecule has 0 aliphatic rings. The molecule has 0 atom stereocenters. The SMILES string of the molecule is CCc1cc(CC)n(-c2cccc(N)c2)n1. The maximum atomic E-state index is 5.79. The van der Waals surface area contributed by atoms with Gasteiger partial charge in [0.1, 0.15) is 0 Å². The van der Waals surface area contributed by atoms with Crippen molar-refractivity contribution in [2.75, 3.05) is 5.73 Å². The highest BCUT2D eigenvalue weighted by Crippen LogP contribution is 2.16. The smallest absolute Gasteiger partial charge is 0.0669 e. The maximum Gasteiger partial charge on any atom is 0.0669 e. The lowest BCUT2D eigenvalue weighted by molar-refractivity contribution is 0.794. The summed E-state index contributed by atoms with van der Waals surface area (Å²) in [6.07, 6.45) is 1.93. The van der Waals surface area contributed by atoms with E-state index < -0.39 is 0 Å². The Morgan fingerprint density at radius 2 is 2.00 bits per heavy atom. The Morgan fingerprint density at radius 1 is 1.19 bits per heavy atom. The van der Waals surface area contributed by atoms with Gasteiger partial charge in [0.25, 0.3) is 0 Å². The molecule has 0 aliphatic carbocycles. The number of nitrogens with two attached hydrogens (primary N) is 1. The van der Waals surface area contributed by atoms with Gasteiger partial charge in [0.15, 0.2) is 0 Å². The minimum Gasteiger partial charge on any atom is -0.399 e. The van der Waals surface area contributed by atoms with Crippen molar-refractivity contribution in [3.05, 3.63) is 41.7 Å². The van der Waals surface area contributed by atoms with Gasteiger partial charge in [0.05, 0.1) is 11.4 Å². The Labute approximate surface area is 95.9 Å². The lowest BCUT2D eigenvalue weighted by Crippen LogP contribution is -2.02. The summed E-state index contributed by atoms with van der Waals surface area (Å²) in [6.45, 7) is 4.25. The van der Waals surface area contributed by atoms with Gasteiger partial charge in [0.2, 0.25) is 0 Å². The van der Waals surface area contributed by atoms with Crippen LogP contribution in [0.4, 0.5) is 5.69 Å². The largest absolute Gasteiger partial charge is 0.399 e. The van der Waals surface area contributed by atoms with E-state index in [1.54, 1.807) is 0 Å². The first-order valence-electron chi connectivity index (χ1n) is 5.68. The van der Waals surface area contributed by atoms with Crippen LogP contribution in [-0.4, -0.2) is 9.78 Å². The van der Waals surface area contributed by atoms with E-state index in [9.17, 15) is 0 Å². The van der Waals surface area contributed by atoms with Crippen molar-refractivity contribution in [3.63, 3.8) is 0 Å². The summed E-state index contributed by atoms with van der Waals surface area (Å²) in [4.78, 5) is 0. The number of anilines is 1. The zero-order valence-corrected chi connectivity index (χ0v) is 9.77. The second kappa shape index (κ2) is 4.39. The standard InChI is InChI=1S/C13H17N3/c1-3-11-9-12(4-2)16(15-11)13-7-5-6-10(14)8-13/h5-9H,3-4,14H2,1-2H3. The second-order valence-electron chi connectivity index (χ2n) is 3.84. The highest BCUT2D eigenvalue weighted by Gasteiger charge is 2.06. The molecule has 84 valence electrons. The van der Waals surface area contributed by atoms with Gasteiger partial charge < -0.3 is 5.73 Å². The molecule has 3 heteroatoms. The van der Waals surface area contributed by atoms with Crippen LogP contribution in [0.15, 0.2) is 30.3 Å². The van der Waals surface area contributed by atoms with Crippen molar-refractivity contribution in [1.29, 1.82) is 0 Å². The fourth-order valence-corrected chi connectivity index (χ4v) is 1.78. The molecule has 2 aromatic rings. The Morgan fingerprint density at radius 3 is 2.62 bits per heavy atom. The zero-order chi connectivity index (χ0) is 11.5. The predicted octanol–water partition coefficient (Wildman–Crippen LogP) is 2.58. The van der Waals surface area contributed by atoms with Crippen LogP contribution >= 0.6 is 0 Å². The third-order valence-corrected chi connectivity index (χ3v) is 2.67. The van der Waals surface area contributed by atoms with E-state index in [4.69, 9.17) is 5.73 Å². The van der Waals surface area contributed by atoms with Crippen molar-refractivity contribution in [1.82, 2.24) is 9.78 Å². The molecular weight excluding hydrogens is 198 g/mol. The summed E-state index contributed by atoms with van der Waals surface area (Å²) in [5.41, 5.74) is 9.94. The Hall–Kier alpha value is -1.77. The fraction of sp³-hybridized carbons (Fsp3) is 0.308. The molecule has 0 aliphatic heterocycles. The van der Waals surface area contributed by atoms with E-state index in [0.29, 0.717) is 0 Å². The van der Waals surface area contributed by atoms with Gasteiger partial charge in [-0.1, -0.05) is 19.9 Å². The summed E-state index contributed by atoms with van der Waals surface area (Å²) >= 11 is 0. The lowest BCUT2D eigenvalue weighted by Gasteiger charge is -2.06. The molecule has 0 spiro atoms. The van der Waals surface area contributed by atoms with Gasteiger partial charge in [-0.05, 0) is 37.1 Å². The second-order valence-corrected chi connectivity index (χ2v) is 3.84. The number of aryl methyl sites for hydroxylation is 2. The van der Waals surface area contributed by atoms with Gasteiger partial charge in [-0.25, -0.2) is 4.68 Å². The minimum absolute atomic E-state index is 0.771. The van der Waals surface area contributed by atoms with Crippen molar-refractivity contribution >= 4 is 5.69 Å². The van der Waals surface area contributed by atoms with Crippen LogP contribution in [0.25, 0.3) is 5.69 Å². The van der Waals surface area contributed by atoms with Crippen LogP contribution in [-0.2, 0) is 12.8 Å². The van der Waals surface area contributed by atoms with Crippen molar-refractivity contribution in [2.45, 2.75) is 26.7 Å². The molecule has 0 saturated heterocycles. The molecule has 2 rings (SSSR count). The van der Waals surface area contributed by atoms with Crippen molar-refractivity contribution in [2.24, 2.45) is 0 Å². The molecule has 16 heavy (non-hydrogen) atoms. The molecular formula is C13H17N3. The highest BCUT2D eigenvalue weighted by atomic mass is 15.3. The molecule has 1 heterocycles. The van der Waals surface area contributed by atoms with Crippen LogP contribution in [0.5, 0.6) is 0 Å². The summed E-state index contributed by atoms with van der Waals surface area (Å²) in [5.74, 6) is 0. The van der Waals surface area contributed by atoms with Crippen LogP contribution in [0.3, 0.4) is 0 Å². The van der Waals surface area contributed by atoms with Crippen LogP contribution < -0.4 is 5.73 Å². The molecule has 0 bridgehead atoms. The molecule has 1 aromatic heterocycles. The Kier molecular flexibility index (Phi) is 2.95. The van der Waals surface area contributed by atoms with Crippen molar-refractivity contribution in [3.8, 4) is 5.69 Å². The number of nitrogen functional groups attached to an aromatic ring is 1. The average Bonchev–Trinajstić information content (AvgIpc) is 2.72. The first-order chi connectivity index (χ1) is 7.74. The summed E-state index contributed by atoms with van der Waals surface area (Å²) in [5, 5.41) is 4.57. The van der Waals surface area contributed by atoms with E-state index in [2.05, 4.69) is 25.0 Å². The number of nitrogens with zero attached hydrogens (tertiary/aromatic N) is 2. The van der Waals surface area contributed by atoms with Gasteiger partial charge >= 0.3 is 0 Å². The topological polar surface area (TPSA) is 43.8 Å². The first-order valence-corrected chi connectivity index (χ1v) is 5.68. The molecule has 0 unspecified atom stereocenters. The highest BCUT2D eigenvalue weighted by molar-refractivity contribution is 5.47. The molecule has 0 saturated carbocycles. The van der Waals surface area contributed by atoms with E-state index in [1.165, 1.54) is 5.69 Å². The molecule has 0 radical (unpaired) electrons. The monoisotopic (exact) mass is 215 g/mol. The predicted molar refractivity (Wildman–Crippen MR) is 66.7 cm³/mol.